The SMILES string of the molecule is CCCCOC(N)C(N=C(N)c1cc(OCC(F)(F)F)c(C2CC2)cn1)C(C)(C)C. The van der Waals surface area contributed by atoms with Crippen LogP contribution in [-0.2, 0) is 4.74 Å². The summed E-state index contributed by atoms with van der Waals surface area (Å²) in [6.07, 6.45) is 0.118. The molecule has 0 aliphatic heterocycles. The molecule has 1 aromatic heterocycles. The van der Waals surface area contributed by atoms with Gasteiger partial charge in [-0.1, -0.05) is 34.1 Å². The van der Waals surface area contributed by atoms with Crippen LogP contribution in [0.4, 0.5) is 13.2 Å². The topological polar surface area (TPSA) is 95.8 Å². The maximum absolute atomic E-state index is 12.7. The first-order chi connectivity index (χ1) is 13.9. The Balaban J connectivity index is 2.27. The molecule has 30 heavy (non-hydrogen) atoms. The number of halogens is 3. The third kappa shape index (κ3) is 7.43. The number of amidine groups is 1. The second-order valence-electron chi connectivity index (χ2n) is 8.80. The molecule has 1 fully saturated rings. The maximum Gasteiger partial charge on any atom is 0.422 e. The zero-order valence-electron chi connectivity index (χ0n) is 18.1. The van der Waals surface area contributed by atoms with Crippen LogP contribution in [0.1, 0.15) is 70.6 Å². The molecule has 1 saturated carbocycles. The van der Waals surface area contributed by atoms with Gasteiger partial charge in [0.1, 0.15) is 23.5 Å². The first-order valence-electron chi connectivity index (χ1n) is 10.3. The Hall–Kier alpha value is -1.87. The van der Waals surface area contributed by atoms with Crippen LogP contribution in [0, 0.1) is 5.41 Å². The van der Waals surface area contributed by atoms with Gasteiger partial charge in [0.15, 0.2) is 6.61 Å². The van der Waals surface area contributed by atoms with Crippen LogP contribution in [0.25, 0.3) is 0 Å². The normalized spacial score (nSPS) is 17.7. The van der Waals surface area contributed by atoms with Crippen molar-refractivity contribution >= 4 is 5.84 Å². The summed E-state index contributed by atoms with van der Waals surface area (Å²) in [6.45, 7) is 7.12. The Labute approximate surface area is 176 Å². The van der Waals surface area contributed by atoms with E-state index in [2.05, 4.69) is 16.9 Å². The highest BCUT2D eigenvalue weighted by molar-refractivity contribution is 5.96. The van der Waals surface area contributed by atoms with Crippen molar-refractivity contribution in [2.24, 2.45) is 21.9 Å². The van der Waals surface area contributed by atoms with Crippen molar-refractivity contribution < 1.29 is 22.6 Å². The van der Waals surface area contributed by atoms with Gasteiger partial charge >= 0.3 is 6.18 Å². The van der Waals surface area contributed by atoms with E-state index >= 15 is 0 Å². The number of hydrogen-bond donors (Lipinski definition) is 2. The first-order valence-corrected chi connectivity index (χ1v) is 10.3. The van der Waals surface area contributed by atoms with Gasteiger partial charge in [-0.3, -0.25) is 9.98 Å². The van der Waals surface area contributed by atoms with Gasteiger partial charge in [-0.2, -0.15) is 13.2 Å². The van der Waals surface area contributed by atoms with Crippen LogP contribution in [-0.4, -0.2) is 42.5 Å². The van der Waals surface area contributed by atoms with Gasteiger partial charge in [-0.25, -0.2) is 0 Å². The lowest BCUT2D eigenvalue weighted by atomic mass is 9.86. The van der Waals surface area contributed by atoms with E-state index in [0.717, 1.165) is 25.7 Å². The van der Waals surface area contributed by atoms with E-state index in [-0.39, 0.29) is 28.6 Å². The van der Waals surface area contributed by atoms with Crippen molar-refractivity contribution in [1.29, 1.82) is 0 Å². The van der Waals surface area contributed by atoms with E-state index in [1.807, 2.05) is 20.8 Å². The maximum atomic E-state index is 12.7. The van der Waals surface area contributed by atoms with Crippen LogP contribution in [0.2, 0.25) is 0 Å². The number of aliphatic imine (C=N–C) groups is 1. The van der Waals surface area contributed by atoms with E-state index in [4.69, 9.17) is 20.9 Å². The second-order valence-corrected chi connectivity index (χ2v) is 8.80. The van der Waals surface area contributed by atoms with Crippen molar-refractivity contribution in [3.63, 3.8) is 0 Å². The summed E-state index contributed by atoms with van der Waals surface area (Å²) in [5.41, 5.74) is 13.0. The third-order valence-corrected chi connectivity index (χ3v) is 4.85. The smallest absolute Gasteiger partial charge is 0.422 e. The molecule has 0 spiro atoms. The zero-order chi connectivity index (χ0) is 22.5. The molecule has 1 aliphatic rings. The van der Waals surface area contributed by atoms with Crippen molar-refractivity contribution in [2.45, 2.75) is 77.7 Å². The van der Waals surface area contributed by atoms with Gasteiger partial charge in [-0.05, 0) is 30.6 Å². The standard InChI is InChI=1S/C21H33F3N4O2/c1-5-6-9-29-19(26)17(20(2,3)4)28-18(25)15-10-16(30-12-21(22,23)24)14(11-27-15)13-7-8-13/h10-11,13,17,19H,5-9,12,26H2,1-4H3,(H2,25,28). The number of ether oxygens (including phenoxy) is 2. The Morgan fingerprint density at radius 3 is 2.50 bits per heavy atom. The highest BCUT2D eigenvalue weighted by atomic mass is 19.4. The Bertz CT molecular complexity index is 728. The number of rotatable bonds is 10. The minimum absolute atomic E-state index is 0.0867. The van der Waals surface area contributed by atoms with E-state index in [9.17, 15) is 13.2 Å². The third-order valence-electron chi connectivity index (χ3n) is 4.85. The summed E-state index contributed by atoms with van der Waals surface area (Å²) < 4.78 is 48.7. The van der Waals surface area contributed by atoms with Crippen LogP contribution >= 0.6 is 0 Å². The summed E-state index contributed by atoms with van der Waals surface area (Å²) in [7, 11) is 0. The molecule has 0 saturated heterocycles. The lowest BCUT2D eigenvalue weighted by Crippen LogP contribution is -2.45. The molecule has 2 unspecified atom stereocenters. The highest BCUT2D eigenvalue weighted by Crippen LogP contribution is 2.44. The first kappa shape index (κ1) is 24.4. The monoisotopic (exact) mass is 430 g/mol. The summed E-state index contributed by atoms with van der Waals surface area (Å²) in [5, 5.41) is 0. The van der Waals surface area contributed by atoms with Gasteiger partial charge < -0.3 is 20.9 Å². The number of aromatic nitrogens is 1. The van der Waals surface area contributed by atoms with Gasteiger partial charge in [0.2, 0.25) is 0 Å². The molecule has 2 rings (SSSR count). The molecule has 2 atom stereocenters. The quantitative estimate of drug-likeness (QED) is 0.252. The van der Waals surface area contributed by atoms with Gasteiger partial charge in [0.25, 0.3) is 0 Å². The average Bonchev–Trinajstić information content (AvgIpc) is 3.47. The van der Waals surface area contributed by atoms with E-state index in [1.54, 1.807) is 0 Å². The summed E-state index contributed by atoms with van der Waals surface area (Å²) >= 11 is 0. The molecule has 0 bridgehead atoms. The Kier molecular flexibility index (Phi) is 8.10. The number of nitrogens with two attached hydrogens (primary N) is 2. The minimum Gasteiger partial charge on any atom is -0.484 e. The van der Waals surface area contributed by atoms with Crippen LogP contribution in [0.3, 0.4) is 0 Å². The van der Waals surface area contributed by atoms with Gasteiger partial charge in [0.05, 0.1) is 6.04 Å². The molecule has 9 heteroatoms. The molecule has 0 aromatic carbocycles. The second kappa shape index (κ2) is 9.96. The highest BCUT2D eigenvalue weighted by Gasteiger charge is 2.33. The van der Waals surface area contributed by atoms with Crippen LogP contribution in [0.15, 0.2) is 17.3 Å². The molecule has 1 heterocycles. The lowest BCUT2D eigenvalue weighted by Gasteiger charge is -2.32. The molecule has 0 amide bonds. The van der Waals surface area contributed by atoms with Crippen LogP contribution in [0.5, 0.6) is 5.75 Å². The molecule has 0 radical (unpaired) electrons. The molecule has 1 aliphatic carbocycles. The zero-order valence-corrected chi connectivity index (χ0v) is 18.1. The van der Waals surface area contributed by atoms with Gasteiger partial charge in [0, 0.05) is 24.4 Å². The fraction of sp³-hybridized carbons (Fsp3) is 0.714. The number of unbranched alkanes of at least 4 members (excludes halogenated alkanes) is 1. The van der Waals surface area contributed by atoms with Crippen LogP contribution < -0.4 is 16.2 Å². The largest absolute Gasteiger partial charge is 0.484 e. The Morgan fingerprint density at radius 2 is 1.97 bits per heavy atom. The van der Waals surface area contributed by atoms with Crippen molar-refractivity contribution in [3.8, 4) is 5.75 Å². The molecule has 170 valence electrons. The number of alkyl halides is 3. The minimum atomic E-state index is -4.43. The van der Waals surface area contributed by atoms with E-state index in [0.29, 0.717) is 12.2 Å². The van der Waals surface area contributed by atoms with E-state index < -0.39 is 25.1 Å². The summed E-state index contributed by atoms with van der Waals surface area (Å²) in [6, 6.07) is 0.973. The fourth-order valence-corrected chi connectivity index (χ4v) is 3.00. The number of hydrogen-bond acceptors (Lipinski definition) is 5. The molecule has 6 nitrogen and oxygen atoms in total. The number of pyridine rings is 1. The Morgan fingerprint density at radius 1 is 1.30 bits per heavy atom. The molecule has 1 aromatic rings. The molecule has 4 N–H and O–H groups in total. The van der Waals surface area contributed by atoms with Gasteiger partial charge in [-0.15, -0.1) is 0 Å². The van der Waals surface area contributed by atoms with Crippen molar-refractivity contribution in [2.75, 3.05) is 13.2 Å². The lowest BCUT2D eigenvalue weighted by molar-refractivity contribution is -0.153. The average molecular weight is 431 g/mol. The summed E-state index contributed by atoms with van der Waals surface area (Å²) in [4.78, 5) is 8.86. The molecular formula is C21H33F3N4O2. The van der Waals surface area contributed by atoms with E-state index in [1.165, 1.54) is 12.3 Å². The molecular weight excluding hydrogens is 397 g/mol. The predicted molar refractivity (Wildman–Crippen MR) is 111 cm³/mol. The number of nitrogens with zero attached hydrogens (tertiary/aromatic N) is 2. The summed E-state index contributed by atoms with van der Waals surface area (Å²) in [5.74, 6) is 0.410. The van der Waals surface area contributed by atoms with Crippen molar-refractivity contribution in [1.82, 2.24) is 4.98 Å². The fourth-order valence-electron chi connectivity index (χ4n) is 3.00. The van der Waals surface area contributed by atoms with Crippen molar-refractivity contribution in [3.05, 3.63) is 23.5 Å². The predicted octanol–water partition coefficient (Wildman–Crippen LogP) is 4.12.